The Labute approximate surface area is 118 Å². The molecule has 1 unspecified atom stereocenters. The van der Waals surface area contributed by atoms with Gasteiger partial charge < -0.3 is 5.32 Å². The van der Waals surface area contributed by atoms with E-state index in [0.717, 1.165) is 18.0 Å². The van der Waals surface area contributed by atoms with Crippen LogP contribution in [0.1, 0.15) is 35.4 Å². The van der Waals surface area contributed by atoms with Crippen LogP contribution in [0.25, 0.3) is 0 Å². The van der Waals surface area contributed by atoms with Gasteiger partial charge in [-0.2, -0.15) is 0 Å². The van der Waals surface area contributed by atoms with Crippen LogP contribution >= 0.6 is 22.9 Å². The molecule has 0 aliphatic carbocycles. The molecule has 0 saturated heterocycles. The molecule has 1 heterocycles. The molecular formula is C15H18ClNS. The van der Waals surface area contributed by atoms with Crippen LogP contribution in [0, 0.1) is 6.92 Å². The first-order valence-electron chi connectivity index (χ1n) is 6.24. The van der Waals surface area contributed by atoms with Crippen LogP contribution in [0.4, 0.5) is 0 Å². The van der Waals surface area contributed by atoms with Gasteiger partial charge in [-0.1, -0.05) is 30.7 Å². The number of benzene rings is 1. The van der Waals surface area contributed by atoms with Gasteiger partial charge in [0.1, 0.15) is 0 Å². The van der Waals surface area contributed by atoms with Gasteiger partial charge in [0.2, 0.25) is 0 Å². The highest BCUT2D eigenvalue weighted by Gasteiger charge is 2.14. The number of hydrogen-bond donors (Lipinski definition) is 1. The van der Waals surface area contributed by atoms with E-state index < -0.39 is 0 Å². The first-order chi connectivity index (χ1) is 8.70. The fourth-order valence-corrected chi connectivity index (χ4v) is 2.84. The molecule has 1 N–H and O–H groups in total. The van der Waals surface area contributed by atoms with E-state index in [1.54, 1.807) is 11.3 Å². The summed E-state index contributed by atoms with van der Waals surface area (Å²) in [5.41, 5.74) is 2.61. The van der Waals surface area contributed by atoms with E-state index in [0.29, 0.717) is 0 Å². The lowest BCUT2D eigenvalue weighted by atomic mass is 10.0. The average molecular weight is 280 g/mol. The summed E-state index contributed by atoms with van der Waals surface area (Å²) in [6.07, 6.45) is 1.13. The third-order valence-corrected chi connectivity index (χ3v) is 4.02. The molecule has 96 valence electrons. The molecule has 1 atom stereocenters. The summed E-state index contributed by atoms with van der Waals surface area (Å²) in [5, 5.41) is 6.62. The van der Waals surface area contributed by atoms with Crippen molar-refractivity contribution < 1.29 is 0 Å². The van der Waals surface area contributed by atoms with E-state index in [4.69, 9.17) is 11.6 Å². The van der Waals surface area contributed by atoms with Gasteiger partial charge >= 0.3 is 0 Å². The number of thiophene rings is 1. The van der Waals surface area contributed by atoms with Crippen LogP contribution in [0.5, 0.6) is 0 Å². The molecule has 1 aromatic heterocycles. The molecule has 1 nitrogen and oxygen atoms in total. The van der Waals surface area contributed by atoms with Gasteiger partial charge in [-0.25, -0.2) is 0 Å². The molecule has 0 aliphatic heterocycles. The van der Waals surface area contributed by atoms with Crippen molar-refractivity contribution in [2.45, 2.75) is 26.3 Å². The van der Waals surface area contributed by atoms with Gasteiger partial charge in [-0.3, -0.25) is 0 Å². The molecule has 0 saturated carbocycles. The third kappa shape index (κ3) is 3.35. The Morgan fingerprint density at radius 3 is 2.50 bits per heavy atom. The second-order valence-electron chi connectivity index (χ2n) is 4.43. The molecule has 3 heteroatoms. The Bertz CT molecular complexity index is 489. The minimum absolute atomic E-state index is 0.271. The molecule has 0 bridgehead atoms. The van der Waals surface area contributed by atoms with E-state index in [-0.39, 0.29) is 6.04 Å². The maximum Gasteiger partial charge on any atom is 0.0585 e. The highest BCUT2D eigenvalue weighted by Crippen LogP contribution is 2.27. The fourth-order valence-electron chi connectivity index (χ4n) is 1.99. The van der Waals surface area contributed by atoms with Gasteiger partial charge in [0.15, 0.2) is 0 Å². The monoisotopic (exact) mass is 279 g/mol. The Kier molecular flexibility index (Phi) is 4.81. The van der Waals surface area contributed by atoms with Crippen LogP contribution in [-0.4, -0.2) is 6.54 Å². The highest BCUT2D eigenvalue weighted by atomic mass is 35.5. The molecular weight excluding hydrogens is 262 g/mol. The van der Waals surface area contributed by atoms with Gasteiger partial charge in [0, 0.05) is 9.90 Å². The van der Waals surface area contributed by atoms with E-state index in [2.05, 4.69) is 42.7 Å². The lowest BCUT2D eigenvalue weighted by Gasteiger charge is -2.18. The van der Waals surface area contributed by atoms with E-state index in [1.807, 2.05) is 12.1 Å². The molecule has 2 aromatic rings. The standard InChI is InChI=1S/C15H18ClNS/c1-3-8-17-15(13-9-11(2)18-10-13)12-4-6-14(16)7-5-12/h4-7,9-10,15,17H,3,8H2,1-2H3. The van der Waals surface area contributed by atoms with Crippen LogP contribution in [-0.2, 0) is 0 Å². The van der Waals surface area contributed by atoms with Crippen molar-refractivity contribution in [2.75, 3.05) is 6.54 Å². The molecule has 0 fully saturated rings. The van der Waals surface area contributed by atoms with Crippen molar-refractivity contribution >= 4 is 22.9 Å². The van der Waals surface area contributed by atoms with Crippen LogP contribution < -0.4 is 5.32 Å². The number of halogens is 1. The zero-order valence-electron chi connectivity index (χ0n) is 10.7. The maximum atomic E-state index is 5.95. The Hall–Kier alpha value is -0.830. The van der Waals surface area contributed by atoms with E-state index in [9.17, 15) is 0 Å². The van der Waals surface area contributed by atoms with Crippen molar-refractivity contribution in [3.8, 4) is 0 Å². The molecule has 0 aliphatic rings. The summed E-state index contributed by atoms with van der Waals surface area (Å²) in [5.74, 6) is 0. The maximum absolute atomic E-state index is 5.95. The van der Waals surface area contributed by atoms with Crippen molar-refractivity contribution in [3.05, 3.63) is 56.7 Å². The zero-order valence-corrected chi connectivity index (χ0v) is 12.3. The zero-order chi connectivity index (χ0) is 13.0. The summed E-state index contributed by atoms with van der Waals surface area (Å²) >= 11 is 7.75. The number of aryl methyl sites for hydroxylation is 1. The van der Waals surface area contributed by atoms with Gasteiger partial charge in [0.25, 0.3) is 0 Å². The van der Waals surface area contributed by atoms with Crippen LogP contribution in [0.15, 0.2) is 35.7 Å². The van der Waals surface area contributed by atoms with Crippen LogP contribution in [0.3, 0.4) is 0 Å². The Balaban J connectivity index is 2.27. The SMILES string of the molecule is CCCNC(c1ccc(Cl)cc1)c1csc(C)c1. The largest absolute Gasteiger partial charge is 0.306 e. The third-order valence-electron chi connectivity index (χ3n) is 2.89. The number of rotatable bonds is 5. The Morgan fingerprint density at radius 1 is 1.22 bits per heavy atom. The highest BCUT2D eigenvalue weighted by molar-refractivity contribution is 7.10. The molecule has 0 spiro atoms. The topological polar surface area (TPSA) is 12.0 Å². The van der Waals surface area contributed by atoms with Crippen molar-refractivity contribution in [3.63, 3.8) is 0 Å². The molecule has 18 heavy (non-hydrogen) atoms. The Morgan fingerprint density at radius 2 is 1.94 bits per heavy atom. The first kappa shape index (κ1) is 13.6. The van der Waals surface area contributed by atoms with E-state index >= 15 is 0 Å². The van der Waals surface area contributed by atoms with Crippen molar-refractivity contribution in [1.29, 1.82) is 0 Å². The minimum Gasteiger partial charge on any atom is -0.306 e. The van der Waals surface area contributed by atoms with Gasteiger partial charge in [-0.15, -0.1) is 11.3 Å². The summed E-state index contributed by atoms with van der Waals surface area (Å²) in [7, 11) is 0. The van der Waals surface area contributed by atoms with Crippen molar-refractivity contribution in [1.82, 2.24) is 5.32 Å². The fraction of sp³-hybridized carbons (Fsp3) is 0.333. The average Bonchev–Trinajstić information content (AvgIpc) is 2.78. The summed E-state index contributed by atoms with van der Waals surface area (Å²) in [4.78, 5) is 1.35. The number of hydrogen-bond acceptors (Lipinski definition) is 2. The van der Waals surface area contributed by atoms with Gasteiger partial charge in [0.05, 0.1) is 6.04 Å². The molecule has 0 radical (unpaired) electrons. The molecule has 1 aromatic carbocycles. The second kappa shape index (κ2) is 6.37. The number of nitrogens with one attached hydrogen (secondary N) is 1. The molecule has 0 amide bonds. The summed E-state index contributed by atoms with van der Waals surface area (Å²) < 4.78 is 0. The van der Waals surface area contributed by atoms with Gasteiger partial charge in [-0.05, 0) is 54.6 Å². The lowest BCUT2D eigenvalue weighted by Crippen LogP contribution is -2.22. The lowest BCUT2D eigenvalue weighted by molar-refractivity contribution is 0.600. The predicted molar refractivity (Wildman–Crippen MR) is 80.6 cm³/mol. The quantitative estimate of drug-likeness (QED) is 0.829. The smallest absolute Gasteiger partial charge is 0.0585 e. The van der Waals surface area contributed by atoms with Crippen molar-refractivity contribution in [2.24, 2.45) is 0 Å². The molecule has 2 rings (SSSR count). The normalized spacial score (nSPS) is 12.6. The minimum atomic E-state index is 0.271. The first-order valence-corrected chi connectivity index (χ1v) is 7.50. The van der Waals surface area contributed by atoms with E-state index in [1.165, 1.54) is 16.0 Å². The summed E-state index contributed by atoms with van der Waals surface area (Å²) in [6, 6.07) is 10.6. The predicted octanol–water partition coefficient (Wildman–Crippen LogP) is 4.80. The second-order valence-corrected chi connectivity index (χ2v) is 5.98. The summed E-state index contributed by atoms with van der Waals surface area (Å²) in [6.45, 7) is 5.35. The van der Waals surface area contributed by atoms with Crippen LogP contribution in [0.2, 0.25) is 5.02 Å².